The quantitative estimate of drug-likeness (QED) is 0.511. The van der Waals surface area contributed by atoms with Gasteiger partial charge in [-0.1, -0.05) is 29.8 Å². The van der Waals surface area contributed by atoms with E-state index in [1.54, 1.807) is 16.8 Å². The number of anilines is 1. The van der Waals surface area contributed by atoms with Gasteiger partial charge in [0.1, 0.15) is 0 Å². The zero-order valence-corrected chi connectivity index (χ0v) is 14.8. The SMILES string of the molecule is O=[N+]([O-])c1cccc(S(=O)(=O)Nc2cnn(Cc3cccc(Cl)c3)c2)c1. The summed E-state index contributed by atoms with van der Waals surface area (Å²) in [5, 5.41) is 15.5. The monoisotopic (exact) mass is 392 g/mol. The zero-order valence-electron chi connectivity index (χ0n) is 13.2. The highest BCUT2D eigenvalue weighted by Crippen LogP contribution is 2.20. The lowest BCUT2D eigenvalue weighted by molar-refractivity contribution is -0.385. The fourth-order valence-corrected chi connectivity index (χ4v) is 3.58. The number of nitro benzene ring substituents is 1. The lowest BCUT2D eigenvalue weighted by Gasteiger charge is -2.06. The maximum atomic E-state index is 12.4. The summed E-state index contributed by atoms with van der Waals surface area (Å²) in [5.74, 6) is 0. The van der Waals surface area contributed by atoms with Crippen molar-refractivity contribution in [3.8, 4) is 0 Å². The summed E-state index contributed by atoms with van der Waals surface area (Å²) in [4.78, 5) is 9.96. The van der Waals surface area contributed by atoms with Gasteiger partial charge in [0.2, 0.25) is 0 Å². The summed E-state index contributed by atoms with van der Waals surface area (Å²) in [5.41, 5.74) is 0.858. The summed E-state index contributed by atoms with van der Waals surface area (Å²) in [6.07, 6.45) is 2.88. The molecule has 10 heteroatoms. The second-order valence-corrected chi connectivity index (χ2v) is 7.54. The van der Waals surface area contributed by atoms with Gasteiger partial charge in [-0.05, 0) is 23.8 Å². The first-order valence-corrected chi connectivity index (χ1v) is 9.24. The molecule has 0 spiro atoms. The molecular formula is C16H13ClN4O4S. The number of halogens is 1. The molecule has 0 saturated heterocycles. The van der Waals surface area contributed by atoms with Crippen LogP contribution < -0.4 is 4.72 Å². The van der Waals surface area contributed by atoms with Crippen molar-refractivity contribution in [3.05, 3.63) is 81.6 Å². The molecule has 0 saturated carbocycles. The molecule has 3 rings (SSSR count). The highest BCUT2D eigenvalue weighted by Gasteiger charge is 2.18. The average molecular weight is 393 g/mol. The minimum absolute atomic E-state index is 0.200. The van der Waals surface area contributed by atoms with Crippen LogP contribution in [0.15, 0.2) is 65.8 Å². The van der Waals surface area contributed by atoms with E-state index in [0.29, 0.717) is 11.6 Å². The zero-order chi connectivity index (χ0) is 18.7. The van der Waals surface area contributed by atoms with E-state index in [1.165, 1.54) is 30.6 Å². The van der Waals surface area contributed by atoms with E-state index in [1.807, 2.05) is 12.1 Å². The summed E-state index contributed by atoms with van der Waals surface area (Å²) < 4.78 is 28.7. The van der Waals surface area contributed by atoms with Gasteiger partial charge in [0, 0.05) is 23.4 Å². The molecule has 1 aromatic heterocycles. The molecule has 2 aromatic carbocycles. The van der Waals surface area contributed by atoms with Gasteiger partial charge < -0.3 is 0 Å². The molecule has 0 atom stereocenters. The lowest BCUT2D eigenvalue weighted by Crippen LogP contribution is -2.12. The van der Waals surface area contributed by atoms with Crippen molar-refractivity contribution in [2.24, 2.45) is 0 Å². The smallest absolute Gasteiger partial charge is 0.270 e. The number of nitrogens with one attached hydrogen (secondary N) is 1. The summed E-state index contributed by atoms with van der Waals surface area (Å²) in [7, 11) is -3.96. The standard InChI is InChI=1S/C16H13ClN4O4S/c17-13-4-1-3-12(7-13)10-20-11-14(9-18-20)19-26(24,25)16-6-2-5-15(8-16)21(22)23/h1-9,11,19H,10H2. The van der Waals surface area contributed by atoms with Crippen LogP contribution in [-0.2, 0) is 16.6 Å². The number of nitro groups is 1. The number of non-ortho nitro benzene ring substituents is 1. The normalized spacial score (nSPS) is 11.3. The molecule has 0 aliphatic heterocycles. The molecule has 26 heavy (non-hydrogen) atoms. The largest absolute Gasteiger partial charge is 0.276 e. The number of rotatable bonds is 6. The summed E-state index contributed by atoms with van der Waals surface area (Å²) >= 11 is 5.94. The van der Waals surface area contributed by atoms with Gasteiger partial charge in [-0.3, -0.25) is 19.5 Å². The van der Waals surface area contributed by atoms with Gasteiger partial charge in [-0.2, -0.15) is 5.10 Å². The Morgan fingerprint density at radius 2 is 1.96 bits per heavy atom. The Hall–Kier alpha value is -2.91. The van der Waals surface area contributed by atoms with Crippen LogP contribution in [-0.4, -0.2) is 23.1 Å². The van der Waals surface area contributed by atoms with Crippen molar-refractivity contribution >= 4 is 33.0 Å². The first kappa shape index (κ1) is 17.9. The van der Waals surface area contributed by atoms with Gasteiger partial charge in [-0.25, -0.2) is 8.42 Å². The van der Waals surface area contributed by atoms with Crippen LogP contribution in [0.5, 0.6) is 0 Å². The Morgan fingerprint density at radius 3 is 2.69 bits per heavy atom. The van der Waals surface area contributed by atoms with Crippen LogP contribution in [0.2, 0.25) is 5.02 Å². The van der Waals surface area contributed by atoms with Crippen molar-refractivity contribution in [2.75, 3.05) is 4.72 Å². The Labute approximate surface area is 154 Å². The van der Waals surface area contributed by atoms with Gasteiger partial charge in [-0.15, -0.1) is 0 Å². The minimum Gasteiger partial charge on any atom is -0.276 e. The molecular weight excluding hydrogens is 380 g/mol. The lowest BCUT2D eigenvalue weighted by atomic mass is 10.2. The van der Waals surface area contributed by atoms with Crippen LogP contribution in [0, 0.1) is 10.1 Å². The molecule has 0 aliphatic rings. The third kappa shape index (κ3) is 4.19. The van der Waals surface area contributed by atoms with E-state index in [0.717, 1.165) is 11.6 Å². The molecule has 0 amide bonds. The van der Waals surface area contributed by atoms with Crippen molar-refractivity contribution in [1.82, 2.24) is 9.78 Å². The second kappa shape index (κ2) is 7.14. The molecule has 0 radical (unpaired) electrons. The van der Waals surface area contributed by atoms with E-state index in [4.69, 9.17) is 11.6 Å². The molecule has 1 N–H and O–H groups in total. The van der Waals surface area contributed by atoms with E-state index in [2.05, 4.69) is 9.82 Å². The maximum Gasteiger partial charge on any atom is 0.270 e. The van der Waals surface area contributed by atoms with Gasteiger partial charge in [0.05, 0.1) is 28.2 Å². The molecule has 8 nitrogen and oxygen atoms in total. The van der Waals surface area contributed by atoms with E-state index in [-0.39, 0.29) is 16.3 Å². The Bertz CT molecular complexity index is 1070. The molecule has 3 aromatic rings. The van der Waals surface area contributed by atoms with Crippen LogP contribution in [0.3, 0.4) is 0 Å². The Kier molecular flexibility index (Phi) is 4.92. The Balaban J connectivity index is 1.77. The number of hydrogen-bond acceptors (Lipinski definition) is 5. The van der Waals surface area contributed by atoms with Crippen LogP contribution >= 0.6 is 11.6 Å². The van der Waals surface area contributed by atoms with Gasteiger partial charge in [0.25, 0.3) is 15.7 Å². The second-order valence-electron chi connectivity index (χ2n) is 5.42. The maximum absolute atomic E-state index is 12.4. The fraction of sp³-hybridized carbons (Fsp3) is 0.0625. The topological polar surface area (TPSA) is 107 Å². The first-order chi connectivity index (χ1) is 12.3. The van der Waals surface area contributed by atoms with Gasteiger partial charge >= 0.3 is 0 Å². The van der Waals surface area contributed by atoms with Crippen molar-refractivity contribution in [3.63, 3.8) is 0 Å². The van der Waals surface area contributed by atoms with Crippen molar-refractivity contribution in [1.29, 1.82) is 0 Å². The van der Waals surface area contributed by atoms with Crippen LogP contribution in [0.4, 0.5) is 11.4 Å². The highest BCUT2D eigenvalue weighted by molar-refractivity contribution is 7.92. The third-order valence-electron chi connectivity index (χ3n) is 3.46. The molecule has 0 fully saturated rings. The predicted octanol–water partition coefficient (Wildman–Crippen LogP) is 3.29. The number of sulfonamides is 1. The Morgan fingerprint density at radius 1 is 1.19 bits per heavy atom. The van der Waals surface area contributed by atoms with Crippen molar-refractivity contribution in [2.45, 2.75) is 11.4 Å². The third-order valence-corrected chi connectivity index (χ3v) is 5.07. The summed E-state index contributed by atoms with van der Waals surface area (Å²) in [6.45, 7) is 0.416. The fourth-order valence-electron chi connectivity index (χ4n) is 2.30. The van der Waals surface area contributed by atoms with E-state index >= 15 is 0 Å². The molecule has 134 valence electrons. The molecule has 0 unspecified atom stereocenters. The van der Waals surface area contributed by atoms with E-state index in [9.17, 15) is 18.5 Å². The number of nitrogens with zero attached hydrogens (tertiary/aromatic N) is 3. The highest BCUT2D eigenvalue weighted by atomic mass is 35.5. The number of aromatic nitrogens is 2. The number of hydrogen-bond donors (Lipinski definition) is 1. The molecule has 1 heterocycles. The average Bonchev–Trinajstić information content (AvgIpc) is 3.01. The predicted molar refractivity (Wildman–Crippen MR) is 96.7 cm³/mol. The first-order valence-electron chi connectivity index (χ1n) is 7.38. The molecule has 0 aliphatic carbocycles. The van der Waals surface area contributed by atoms with Crippen molar-refractivity contribution < 1.29 is 13.3 Å². The van der Waals surface area contributed by atoms with Crippen LogP contribution in [0.1, 0.15) is 5.56 Å². The molecule has 0 bridgehead atoms. The summed E-state index contributed by atoms with van der Waals surface area (Å²) in [6, 6.07) is 12.1. The van der Waals surface area contributed by atoms with E-state index < -0.39 is 14.9 Å². The van der Waals surface area contributed by atoms with Gasteiger partial charge in [0.15, 0.2) is 0 Å². The minimum atomic E-state index is -3.96. The van der Waals surface area contributed by atoms with Crippen LogP contribution in [0.25, 0.3) is 0 Å². The number of benzene rings is 2.